The van der Waals surface area contributed by atoms with E-state index in [2.05, 4.69) is 22.9 Å². The van der Waals surface area contributed by atoms with Crippen LogP contribution in [0.5, 0.6) is 11.5 Å². The Labute approximate surface area is 216 Å². The summed E-state index contributed by atoms with van der Waals surface area (Å²) in [5, 5.41) is 1.12. The molecule has 0 radical (unpaired) electrons. The average Bonchev–Trinajstić information content (AvgIpc) is 3.58. The summed E-state index contributed by atoms with van der Waals surface area (Å²) in [6, 6.07) is 15.9. The average molecular weight is 507 g/mol. The van der Waals surface area contributed by atoms with E-state index in [-0.39, 0.29) is 5.91 Å². The van der Waals surface area contributed by atoms with Gasteiger partial charge in [-0.2, -0.15) is 0 Å². The molecule has 3 aromatic rings. The Morgan fingerprint density at radius 2 is 1.80 bits per heavy atom. The van der Waals surface area contributed by atoms with Crippen LogP contribution in [0, 0.1) is 5.92 Å². The molecule has 35 heavy (non-hydrogen) atoms. The lowest BCUT2D eigenvalue weighted by molar-refractivity contribution is -0.122. The van der Waals surface area contributed by atoms with Gasteiger partial charge in [-0.05, 0) is 48.7 Å². The number of carbonyl (C=O) groups excluding carboxylic acids is 1. The van der Waals surface area contributed by atoms with Crippen molar-refractivity contribution >= 4 is 51.2 Å². The van der Waals surface area contributed by atoms with Crippen molar-refractivity contribution in [2.24, 2.45) is 5.92 Å². The van der Waals surface area contributed by atoms with E-state index in [1.807, 2.05) is 42.5 Å². The van der Waals surface area contributed by atoms with Gasteiger partial charge in [0.05, 0.1) is 18.6 Å². The Morgan fingerprint density at radius 3 is 2.57 bits per heavy atom. The van der Waals surface area contributed by atoms with Crippen LogP contribution in [-0.2, 0) is 11.3 Å². The van der Waals surface area contributed by atoms with E-state index in [1.165, 1.54) is 37.4 Å². The molecule has 7 heteroatoms. The van der Waals surface area contributed by atoms with Gasteiger partial charge in [0.15, 0.2) is 0 Å². The molecule has 2 fully saturated rings. The molecule has 2 heterocycles. The quantitative estimate of drug-likeness (QED) is 0.244. The number of amides is 1. The standard InChI is InChI=1S/C28H30N2O3S2/c1-32-22-10-12-23(13-11-22)33-17-16-29-19-21(24-8-4-5-9-25(24)29)18-26-27(31)30(28(34)35-26)15-14-20-6-2-3-7-20/h4-5,8-13,18-20H,2-3,6-7,14-17H2,1H3/b26-18-. The minimum absolute atomic E-state index is 0.0395. The predicted molar refractivity (Wildman–Crippen MR) is 147 cm³/mol. The molecular formula is C28H30N2O3S2. The van der Waals surface area contributed by atoms with Crippen LogP contribution in [0.1, 0.15) is 37.7 Å². The van der Waals surface area contributed by atoms with Crippen LogP contribution in [0.3, 0.4) is 0 Å². The van der Waals surface area contributed by atoms with Crippen molar-refractivity contribution in [3.05, 3.63) is 65.2 Å². The van der Waals surface area contributed by atoms with Gasteiger partial charge in [-0.1, -0.05) is 67.9 Å². The highest BCUT2D eigenvalue weighted by atomic mass is 32.2. The fourth-order valence-corrected chi connectivity index (χ4v) is 6.25. The molecule has 0 N–H and O–H groups in total. The van der Waals surface area contributed by atoms with Crippen molar-refractivity contribution in [1.82, 2.24) is 9.47 Å². The number of hydrogen-bond acceptors (Lipinski definition) is 5. The van der Waals surface area contributed by atoms with Crippen LogP contribution in [0.4, 0.5) is 0 Å². The second-order valence-corrected chi connectivity index (χ2v) is 10.8. The minimum atomic E-state index is 0.0395. The number of ether oxygens (including phenoxy) is 2. The molecule has 182 valence electrons. The zero-order valence-corrected chi connectivity index (χ0v) is 21.6. The van der Waals surface area contributed by atoms with Gasteiger partial charge in [0.2, 0.25) is 0 Å². The van der Waals surface area contributed by atoms with Crippen molar-refractivity contribution in [3.8, 4) is 11.5 Å². The number of rotatable bonds is 9. The monoisotopic (exact) mass is 506 g/mol. The number of aromatic nitrogens is 1. The molecule has 0 bridgehead atoms. The van der Waals surface area contributed by atoms with Crippen molar-refractivity contribution < 1.29 is 14.3 Å². The van der Waals surface area contributed by atoms with E-state index in [9.17, 15) is 4.79 Å². The number of carbonyl (C=O) groups is 1. The predicted octanol–water partition coefficient (Wildman–Crippen LogP) is 6.51. The Hall–Kier alpha value is -2.77. The molecule has 5 nitrogen and oxygen atoms in total. The Morgan fingerprint density at radius 1 is 1.06 bits per heavy atom. The Kier molecular flexibility index (Phi) is 7.44. The molecule has 5 rings (SSSR count). The van der Waals surface area contributed by atoms with E-state index in [4.69, 9.17) is 21.7 Å². The van der Waals surface area contributed by atoms with E-state index < -0.39 is 0 Å². The molecule has 0 spiro atoms. The number of hydrogen-bond donors (Lipinski definition) is 0. The summed E-state index contributed by atoms with van der Waals surface area (Å²) in [4.78, 5) is 15.7. The summed E-state index contributed by atoms with van der Waals surface area (Å²) >= 11 is 6.99. The summed E-state index contributed by atoms with van der Waals surface area (Å²) in [5.74, 6) is 2.39. The molecule has 0 unspecified atom stereocenters. The number of benzene rings is 2. The van der Waals surface area contributed by atoms with Gasteiger partial charge in [-0.25, -0.2) is 0 Å². The van der Waals surface area contributed by atoms with Crippen molar-refractivity contribution in [2.75, 3.05) is 20.3 Å². The van der Waals surface area contributed by atoms with Crippen LogP contribution in [-0.4, -0.2) is 40.0 Å². The zero-order chi connectivity index (χ0) is 24.2. The van der Waals surface area contributed by atoms with Gasteiger partial charge in [0.25, 0.3) is 5.91 Å². The highest BCUT2D eigenvalue weighted by Crippen LogP contribution is 2.36. The fraction of sp³-hybridized carbons (Fsp3) is 0.357. The van der Waals surface area contributed by atoms with Gasteiger partial charge in [0.1, 0.15) is 22.4 Å². The third kappa shape index (κ3) is 5.41. The van der Waals surface area contributed by atoms with Crippen LogP contribution in [0.2, 0.25) is 0 Å². The topological polar surface area (TPSA) is 43.7 Å². The highest BCUT2D eigenvalue weighted by Gasteiger charge is 2.32. The number of thiocarbonyl (C=S) groups is 1. The highest BCUT2D eigenvalue weighted by molar-refractivity contribution is 8.26. The van der Waals surface area contributed by atoms with Crippen LogP contribution < -0.4 is 9.47 Å². The number of methoxy groups -OCH3 is 1. The fourth-order valence-electron chi connectivity index (χ4n) is 4.95. The molecule has 1 saturated heterocycles. The number of nitrogens with zero attached hydrogens (tertiary/aromatic N) is 2. The SMILES string of the molecule is COc1ccc(OCCn2cc(/C=C3\SC(=S)N(CCC4CCCC4)C3=O)c3ccccc32)cc1. The molecule has 2 aromatic carbocycles. The molecule has 1 aliphatic carbocycles. The molecular weight excluding hydrogens is 476 g/mol. The summed E-state index contributed by atoms with van der Waals surface area (Å²) in [5.41, 5.74) is 2.15. The summed E-state index contributed by atoms with van der Waals surface area (Å²) in [6.07, 6.45) is 10.4. The smallest absolute Gasteiger partial charge is 0.266 e. The molecule has 1 saturated carbocycles. The molecule has 1 aromatic heterocycles. The molecule has 1 amide bonds. The second kappa shape index (κ2) is 10.9. The van der Waals surface area contributed by atoms with Gasteiger partial charge in [-0.3, -0.25) is 9.69 Å². The van der Waals surface area contributed by atoms with Gasteiger partial charge >= 0.3 is 0 Å². The van der Waals surface area contributed by atoms with Gasteiger partial charge in [-0.15, -0.1) is 0 Å². The maximum atomic E-state index is 13.2. The van der Waals surface area contributed by atoms with E-state index in [0.29, 0.717) is 22.4 Å². The molecule has 1 aliphatic heterocycles. The normalized spacial score (nSPS) is 17.7. The lowest BCUT2D eigenvalue weighted by Gasteiger charge is -2.17. The summed E-state index contributed by atoms with van der Waals surface area (Å²) in [6.45, 7) is 1.97. The number of thioether (sulfide) groups is 1. The zero-order valence-electron chi connectivity index (χ0n) is 19.9. The van der Waals surface area contributed by atoms with Crippen LogP contribution in [0.15, 0.2) is 59.6 Å². The molecule has 0 atom stereocenters. The minimum Gasteiger partial charge on any atom is -0.497 e. The van der Waals surface area contributed by atoms with Crippen LogP contribution >= 0.6 is 24.0 Å². The summed E-state index contributed by atoms with van der Waals surface area (Å²) in [7, 11) is 1.65. The van der Waals surface area contributed by atoms with E-state index >= 15 is 0 Å². The van der Waals surface area contributed by atoms with Gasteiger partial charge in [0, 0.05) is 29.2 Å². The first-order valence-corrected chi connectivity index (χ1v) is 13.4. The second-order valence-electron chi connectivity index (χ2n) is 9.09. The Bertz CT molecular complexity index is 1240. The van der Waals surface area contributed by atoms with Gasteiger partial charge < -0.3 is 14.0 Å². The largest absolute Gasteiger partial charge is 0.497 e. The molecule has 2 aliphatic rings. The first kappa shape index (κ1) is 23.9. The third-order valence-electron chi connectivity index (χ3n) is 6.88. The first-order valence-electron chi connectivity index (χ1n) is 12.2. The van der Waals surface area contributed by atoms with E-state index in [1.54, 1.807) is 12.0 Å². The number of para-hydroxylation sites is 1. The Balaban J connectivity index is 1.29. The maximum absolute atomic E-state index is 13.2. The van der Waals surface area contributed by atoms with Crippen molar-refractivity contribution in [2.45, 2.75) is 38.6 Å². The number of fused-ring (bicyclic) bond motifs is 1. The summed E-state index contributed by atoms with van der Waals surface area (Å²) < 4.78 is 14.0. The maximum Gasteiger partial charge on any atom is 0.266 e. The third-order valence-corrected chi connectivity index (χ3v) is 8.25. The lowest BCUT2D eigenvalue weighted by atomic mass is 10.0. The van der Waals surface area contributed by atoms with Crippen molar-refractivity contribution in [1.29, 1.82) is 0 Å². The van der Waals surface area contributed by atoms with Crippen LogP contribution in [0.25, 0.3) is 17.0 Å². The first-order chi connectivity index (χ1) is 17.1. The lowest BCUT2D eigenvalue weighted by Crippen LogP contribution is -2.30. The van der Waals surface area contributed by atoms with Crippen molar-refractivity contribution in [3.63, 3.8) is 0 Å². The van der Waals surface area contributed by atoms with E-state index in [0.717, 1.165) is 46.8 Å².